The smallest absolute Gasteiger partial charge is 0.266 e. The number of halogens is 1. The minimum Gasteiger partial charge on any atom is -0.545 e. The lowest BCUT2D eigenvalue weighted by Gasteiger charge is -2.11. The van der Waals surface area contributed by atoms with E-state index < -0.39 is 17.7 Å². The number of carbonyl (C=O) groups excluding carboxylic acids is 2. The third kappa shape index (κ3) is 4.28. The van der Waals surface area contributed by atoms with Gasteiger partial charge in [-0.2, -0.15) is 5.26 Å². The zero-order chi connectivity index (χ0) is 21.8. The number of rotatable bonds is 5. The third-order valence-electron chi connectivity index (χ3n) is 4.60. The molecule has 0 saturated heterocycles. The average molecular weight is 402 g/mol. The van der Waals surface area contributed by atoms with Crippen LogP contribution in [0.1, 0.15) is 27.3 Å². The number of aromatic carboxylic acids is 1. The molecule has 0 unspecified atom stereocenters. The van der Waals surface area contributed by atoms with Gasteiger partial charge >= 0.3 is 0 Å². The van der Waals surface area contributed by atoms with Gasteiger partial charge in [-0.25, -0.2) is 4.39 Å². The van der Waals surface area contributed by atoms with Crippen LogP contribution in [-0.2, 0) is 4.79 Å². The molecule has 7 heteroatoms. The first-order chi connectivity index (χ1) is 14.3. The first-order valence-electron chi connectivity index (χ1n) is 8.99. The first-order valence-corrected chi connectivity index (χ1v) is 8.99. The molecule has 0 radical (unpaired) electrons. The molecule has 2 aromatic carbocycles. The third-order valence-corrected chi connectivity index (χ3v) is 4.60. The Morgan fingerprint density at radius 1 is 1.10 bits per heavy atom. The second-order valence-corrected chi connectivity index (χ2v) is 6.63. The highest BCUT2D eigenvalue weighted by Gasteiger charge is 2.14. The summed E-state index contributed by atoms with van der Waals surface area (Å²) < 4.78 is 14.9. The van der Waals surface area contributed by atoms with Crippen molar-refractivity contribution in [3.8, 4) is 11.8 Å². The van der Waals surface area contributed by atoms with Crippen LogP contribution in [0.15, 0.2) is 60.2 Å². The fourth-order valence-electron chi connectivity index (χ4n) is 3.11. The highest BCUT2D eigenvalue weighted by molar-refractivity contribution is 6.09. The normalized spacial score (nSPS) is 11.1. The van der Waals surface area contributed by atoms with Gasteiger partial charge in [-0.15, -0.1) is 0 Å². The van der Waals surface area contributed by atoms with Crippen molar-refractivity contribution in [1.29, 1.82) is 5.26 Å². The predicted octanol–water partition coefficient (Wildman–Crippen LogP) is 3.14. The molecule has 6 nitrogen and oxygen atoms in total. The van der Waals surface area contributed by atoms with Crippen molar-refractivity contribution >= 4 is 23.6 Å². The number of aromatic nitrogens is 1. The molecule has 0 atom stereocenters. The SMILES string of the molecule is Cc1cc(/C=C(/C#N)C(=O)Nc2ccc(F)cc2)c(C)n1-c1ccc(C(=O)[O-])cc1. The van der Waals surface area contributed by atoms with Gasteiger partial charge in [0.25, 0.3) is 5.91 Å². The molecule has 1 heterocycles. The molecule has 3 aromatic rings. The molecule has 0 saturated carbocycles. The Kier molecular flexibility index (Phi) is 5.79. The number of carboxylic acids is 1. The highest BCUT2D eigenvalue weighted by Crippen LogP contribution is 2.23. The predicted molar refractivity (Wildman–Crippen MR) is 108 cm³/mol. The number of nitriles is 1. The van der Waals surface area contributed by atoms with Gasteiger partial charge in [0.1, 0.15) is 17.5 Å². The van der Waals surface area contributed by atoms with Crippen molar-refractivity contribution in [2.75, 3.05) is 5.32 Å². The van der Waals surface area contributed by atoms with E-state index >= 15 is 0 Å². The minimum atomic E-state index is -1.25. The molecule has 0 fully saturated rings. The molecular formula is C23H17FN3O3-. The lowest BCUT2D eigenvalue weighted by atomic mass is 10.1. The fraction of sp³-hybridized carbons (Fsp3) is 0.0870. The molecule has 0 aliphatic heterocycles. The molecule has 0 aliphatic rings. The Morgan fingerprint density at radius 2 is 1.73 bits per heavy atom. The monoisotopic (exact) mass is 402 g/mol. The van der Waals surface area contributed by atoms with Crippen LogP contribution in [0.2, 0.25) is 0 Å². The largest absolute Gasteiger partial charge is 0.545 e. The Hall–Kier alpha value is -4.18. The Bertz CT molecular complexity index is 1180. The van der Waals surface area contributed by atoms with Gasteiger partial charge in [-0.05, 0) is 73.5 Å². The zero-order valence-corrected chi connectivity index (χ0v) is 16.3. The van der Waals surface area contributed by atoms with Crippen LogP contribution in [0.5, 0.6) is 0 Å². The van der Waals surface area contributed by atoms with E-state index in [-0.39, 0.29) is 11.1 Å². The molecule has 150 valence electrons. The van der Waals surface area contributed by atoms with E-state index in [1.165, 1.54) is 42.5 Å². The Morgan fingerprint density at radius 3 is 2.30 bits per heavy atom. The number of aryl methyl sites for hydroxylation is 1. The van der Waals surface area contributed by atoms with Gasteiger partial charge < -0.3 is 19.8 Å². The fourth-order valence-corrected chi connectivity index (χ4v) is 3.11. The zero-order valence-electron chi connectivity index (χ0n) is 16.3. The summed E-state index contributed by atoms with van der Waals surface area (Å²) in [5.41, 5.74) is 3.37. The topological polar surface area (TPSA) is 98.0 Å². The molecule has 3 rings (SSSR count). The summed E-state index contributed by atoms with van der Waals surface area (Å²) >= 11 is 0. The van der Waals surface area contributed by atoms with Gasteiger partial charge in [0, 0.05) is 22.8 Å². The number of hydrogen-bond donors (Lipinski definition) is 1. The van der Waals surface area contributed by atoms with E-state index in [1.807, 2.05) is 30.6 Å². The summed E-state index contributed by atoms with van der Waals surface area (Å²) in [7, 11) is 0. The van der Waals surface area contributed by atoms with Crippen LogP contribution in [0.4, 0.5) is 10.1 Å². The summed E-state index contributed by atoms with van der Waals surface area (Å²) in [5, 5.41) is 22.9. The van der Waals surface area contributed by atoms with Crippen molar-refractivity contribution in [2.24, 2.45) is 0 Å². The molecule has 1 amide bonds. The maximum Gasteiger partial charge on any atom is 0.266 e. The lowest BCUT2D eigenvalue weighted by Crippen LogP contribution is -2.22. The van der Waals surface area contributed by atoms with Crippen LogP contribution < -0.4 is 10.4 Å². The summed E-state index contributed by atoms with van der Waals surface area (Å²) in [4.78, 5) is 23.4. The molecule has 30 heavy (non-hydrogen) atoms. The number of carboxylic acid groups (broad SMARTS) is 1. The van der Waals surface area contributed by atoms with Crippen LogP contribution in [-0.4, -0.2) is 16.4 Å². The highest BCUT2D eigenvalue weighted by atomic mass is 19.1. The van der Waals surface area contributed by atoms with Crippen LogP contribution in [0.3, 0.4) is 0 Å². The van der Waals surface area contributed by atoms with Crippen molar-refractivity contribution < 1.29 is 19.1 Å². The van der Waals surface area contributed by atoms with Crippen molar-refractivity contribution in [3.63, 3.8) is 0 Å². The number of anilines is 1. The minimum absolute atomic E-state index is 0.0746. The van der Waals surface area contributed by atoms with Gasteiger partial charge in [0.2, 0.25) is 0 Å². The summed E-state index contributed by atoms with van der Waals surface area (Å²) in [6.07, 6.45) is 1.48. The van der Waals surface area contributed by atoms with E-state index in [4.69, 9.17) is 0 Å². The number of nitrogens with one attached hydrogen (secondary N) is 1. The van der Waals surface area contributed by atoms with Crippen molar-refractivity contribution in [3.05, 3.63) is 88.5 Å². The quantitative estimate of drug-likeness (QED) is 0.524. The van der Waals surface area contributed by atoms with E-state index in [9.17, 15) is 24.3 Å². The summed E-state index contributed by atoms with van der Waals surface area (Å²) in [6, 6.07) is 15.2. The second-order valence-electron chi connectivity index (χ2n) is 6.63. The summed E-state index contributed by atoms with van der Waals surface area (Å²) in [6.45, 7) is 3.69. The second kappa shape index (κ2) is 8.45. The number of carbonyl (C=O) groups is 2. The number of benzene rings is 2. The van der Waals surface area contributed by atoms with Gasteiger partial charge in [0.15, 0.2) is 0 Å². The molecular weight excluding hydrogens is 385 g/mol. The van der Waals surface area contributed by atoms with Crippen LogP contribution >= 0.6 is 0 Å². The van der Waals surface area contributed by atoms with E-state index in [0.29, 0.717) is 11.3 Å². The standard InChI is InChI=1S/C23H18FN3O3/c1-14-11-17(15(2)27(14)21-9-3-16(4-10-21)23(29)30)12-18(13-25)22(28)26-20-7-5-19(24)6-8-20/h3-12H,1-2H3,(H,26,28)(H,29,30)/p-1/b18-12-. The number of hydrogen-bond acceptors (Lipinski definition) is 4. The molecule has 0 spiro atoms. The first kappa shape index (κ1) is 20.6. The van der Waals surface area contributed by atoms with Crippen LogP contribution in [0, 0.1) is 31.0 Å². The maximum absolute atomic E-state index is 13.0. The molecule has 1 aromatic heterocycles. The number of amides is 1. The number of nitrogens with zero attached hydrogens (tertiary/aromatic N) is 2. The van der Waals surface area contributed by atoms with Gasteiger partial charge in [-0.3, -0.25) is 4.79 Å². The van der Waals surface area contributed by atoms with Crippen molar-refractivity contribution in [2.45, 2.75) is 13.8 Å². The van der Waals surface area contributed by atoms with E-state index in [0.717, 1.165) is 17.1 Å². The lowest BCUT2D eigenvalue weighted by molar-refractivity contribution is -0.255. The maximum atomic E-state index is 13.0. The van der Waals surface area contributed by atoms with Gasteiger partial charge in [-0.1, -0.05) is 12.1 Å². The van der Waals surface area contributed by atoms with Crippen molar-refractivity contribution in [1.82, 2.24) is 4.57 Å². The van der Waals surface area contributed by atoms with Crippen LogP contribution in [0.25, 0.3) is 11.8 Å². The average Bonchev–Trinajstić information content (AvgIpc) is 3.00. The Balaban J connectivity index is 1.91. The molecule has 1 N–H and O–H groups in total. The van der Waals surface area contributed by atoms with Gasteiger partial charge in [0.05, 0.1) is 5.97 Å². The molecule has 0 bridgehead atoms. The molecule has 0 aliphatic carbocycles. The van der Waals surface area contributed by atoms with E-state index in [1.54, 1.807) is 12.1 Å². The van der Waals surface area contributed by atoms with E-state index in [2.05, 4.69) is 5.32 Å². The summed E-state index contributed by atoms with van der Waals surface area (Å²) in [5.74, 6) is -2.28. The Labute approximate surface area is 172 Å².